The van der Waals surface area contributed by atoms with Crippen molar-refractivity contribution in [3.8, 4) is 0 Å². The van der Waals surface area contributed by atoms with Gasteiger partial charge in [-0.1, -0.05) is 26.0 Å². The van der Waals surface area contributed by atoms with Gasteiger partial charge in [-0.3, -0.25) is 4.79 Å². The quantitative estimate of drug-likeness (QED) is 0.692. The van der Waals surface area contributed by atoms with Crippen LogP contribution in [0.25, 0.3) is 0 Å². The maximum absolute atomic E-state index is 13.5. The summed E-state index contributed by atoms with van der Waals surface area (Å²) in [5, 5.41) is 2.66. The summed E-state index contributed by atoms with van der Waals surface area (Å²) in [6, 6.07) is 4.91. The molecule has 1 unspecified atom stereocenters. The summed E-state index contributed by atoms with van der Waals surface area (Å²) in [5.74, 6) is -0.381. The Morgan fingerprint density at radius 1 is 1.40 bits per heavy atom. The fraction of sp³-hybridized carbons (Fsp3) is 0.417. The van der Waals surface area contributed by atoms with Gasteiger partial charge in [0, 0.05) is 0 Å². The molecule has 1 atom stereocenters. The Balaban J connectivity index is 2.25. The zero-order valence-electron chi connectivity index (χ0n) is 8.73. The van der Waals surface area contributed by atoms with Crippen LogP contribution in [0, 0.1) is 11.2 Å². The largest absolute Gasteiger partial charge is 0.323 e. The van der Waals surface area contributed by atoms with E-state index in [1.54, 1.807) is 6.07 Å². The molecule has 0 bridgehead atoms. The maximum atomic E-state index is 13.5. The predicted molar refractivity (Wildman–Crippen MR) is 55.1 cm³/mol. The minimum absolute atomic E-state index is 0.0455. The van der Waals surface area contributed by atoms with Gasteiger partial charge in [0.25, 0.3) is 0 Å². The van der Waals surface area contributed by atoms with Crippen LogP contribution >= 0.6 is 0 Å². The lowest BCUT2D eigenvalue weighted by atomic mass is 9.89. The summed E-state index contributed by atoms with van der Waals surface area (Å²) in [4.78, 5) is 11.9. The normalized spacial score (nSPS) is 30.2. The average Bonchev–Trinajstić information content (AvgIpc) is 2.62. The number of amides is 1. The number of hydrogen-bond acceptors (Lipinski definition) is 1. The summed E-state index contributed by atoms with van der Waals surface area (Å²) in [6.07, 6.45) is 0.808. The van der Waals surface area contributed by atoms with E-state index in [4.69, 9.17) is 0 Å². The van der Waals surface area contributed by atoms with Gasteiger partial charge in [0.15, 0.2) is 0 Å². The van der Waals surface area contributed by atoms with E-state index in [2.05, 4.69) is 5.32 Å². The first-order valence-corrected chi connectivity index (χ1v) is 5.09. The van der Waals surface area contributed by atoms with E-state index < -0.39 is 5.41 Å². The molecule has 0 radical (unpaired) electrons. The Labute approximate surface area is 87.5 Å². The van der Waals surface area contributed by atoms with E-state index >= 15 is 0 Å². The summed E-state index contributed by atoms with van der Waals surface area (Å²) in [6.45, 7) is 4.10. The Kier molecular flexibility index (Phi) is 1.32. The van der Waals surface area contributed by atoms with Crippen LogP contribution in [0.2, 0.25) is 0 Å². The fourth-order valence-corrected chi connectivity index (χ4v) is 2.82. The van der Waals surface area contributed by atoms with Crippen molar-refractivity contribution in [1.82, 2.24) is 0 Å². The molecule has 1 amide bonds. The molecule has 1 aliphatic carbocycles. The van der Waals surface area contributed by atoms with E-state index in [9.17, 15) is 9.18 Å². The third-order valence-corrected chi connectivity index (χ3v) is 3.84. The standard InChI is InChI=1S/C12H12FNO/c1-11(2)6-12(11)7-4-3-5-8(13)9(7)14-10(12)15/h3-5H,6H2,1-2H3,(H,14,15). The minimum atomic E-state index is -0.468. The van der Waals surface area contributed by atoms with Gasteiger partial charge in [-0.2, -0.15) is 0 Å². The van der Waals surface area contributed by atoms with Gasteiger partial charge >= 0.3 is 0 Å². The highest BCUT2D eigenvalue weighted by Gasteiger charge is 2.70. The average molecular weight is 205 g/mol. The summed E-state index contributed by atoms with van der Waals surface area (Å²) in [5.41, 5.74) is 0.700. The molecule has 1 aromatic carbocycles. The summed E-state index contributed by atoms with van der Waals surface area (Å²) >= 11 is 0. The number of halogens is 1. The molecule has 2 aliphatic rings. The number of nitrogens with one attached hydrogen (secondary N) is 1. The molecular formula is C12H12FNO. The first-order chi connectivity index (χ1) is 6.99. The Morgan fingerprint density at radius 2 is 2.07 bits per heavy atom. The van der Waals surface area contributed by atoms with Crippen LogP contribution in [0.3, 0.4) is 0 Å². The molecule has 1 spiro atoms. The number of fused-ring (bicyclic) bond motifs is 2. The molecule has 1 saturated carbocycles. The minimum Gasteiger partial charge on any atom is -0.323 e. The second kappa shape index (κ2) is 2.23. The lowest BCUT2D eigenvalue weighted by Crippen LogP contribution is -2.24. The van der Waals surface area contributed by atoms with Crippen LogP contribution < -0.4 is 5.32 Å². The van der Waals surface area contributed by atoms with Gasteiger partial charge < -0.3 is 5.32 Å². The highest BCUT2D eigenvalue weighted by molar-refractivity contribution is 6.09. The molecule has 1 N–H and O–H groups in total. The molecule has 3 heteroatoms. The highest BCUT2D eigenvalue weighted by atomic mass is 19.1. The second-order valence-electron chi connectivity index (χ2n) is 5.08. The lowest BCUT2D eigenvalue weighted by molar-refractivity contribution is -0.118. The molecule has 1 aromatic rings. The first kappa shape index (κ1) is 8.89. The van der Waals surface area contributed by atoms with Crippen LogP contribution in [0.15, 0.2) is 18.2 Å². The van der Waals surface area contributed by atoms with Crippen LogP contribution in [0.4, 0.5) is 10.1 Å². The van der Waals surface area contributed by atoms with Crippen molar-refractivity contribution in [3.63, 3.8) is 0 Å². The fourth-order valence-electron chi connectivity index (χ4n) is 2.82. The third kappa shape index (κ3) is 0.822. The zero-order valence-corrected chi connectivity index (χ0v) is 8.73. The van der Waals surface area contributed by atoms with Gasteiger partial charge in [0.2, 0.25) is 5.91 Å². The maximum Gasteiger partial charge on any atom is 0.235 e. The van der Waals surface area contributed by atoms with Crippen molar-refractivity contribution >= 4 is 11.6 Å². The number of para-hydroxylation sites is 1. The molecule has 1 fully saturated rings. The monoisotopic (exact) mass is 205 g/mol. The molecule has 78 valence electrons. The topological polar surface area (TPSA) is 29.1 Å². The van der Waals surface area contributed by atoms with Gasteiger partial charge in [0.1, 0.15) is 5.82 Å². The Morgan fingerprint density at radius 3 is 2.67 bits per heavy atom. The summed E-state index contributed by atoms with van der Waals surface area (Å²) < 4.78 is 13.5. The van der Waals surface area contributed by atoms with E-state index in [0.29, 0.717) is 5.69 Å². The first-order valence-electron chi connectivity index (χ1n) is 5.09. The van der Waals surface area contributed by atoms with E-state index in [1.165, 1.54) is 6.07 Å². The van der Waals surface area contributed by atoms with Crippen LogP contribution in [0.1, 0.15) is 25.8 Å². The molecule has 1 aliphatic heterocycles. The van der Waals surface area contributed by atoms with E-state index in [1.807, 2.05) is 19.9 Å². The summed E-state index contributed by atoms with van der Waals surface area (Å²) in [7, 11) is 0. The molecule has 15 heavy (non-hydrogen) atoms. The van der Waals surface area contributed by atoms with Gasteiger partial charge in [-0.25, -0.2) is 4.39 Å². The Bertz CT molecular complexity index is 481. The number of carbonyl (C=O) groups excluding carboxylic acids is 1. The Hall–Kier alpha value is -1.38. The molecule has 2 nitrogen and oxygen atoms in total. The number of carbonyl (C=O) groups is 1. The van der Waals surface area contributed by atoms with Crippen molar-refractivity contribution in [2.75, 3.05) is 5.32 Å². The zero-order chi connectivity index (χ0) is 10.8. The van der Waals surface area contributed by atoms with Crippen molar-refractivity contribution in [2.45, 2.75) is 25.7 Å². The molecule has 3 rings (SSSR count). The van der Waals surface area contributed by atoms with Crippen LogP contribution in [-0.4, -0.2) is 5.91 Å². The third-order valence-electron chi connectivity index (χ3n) is 3.84. The van der Waals surface area contributed by atoms with Gasteiger partial charge in [0.05, 0.1) is 11.1 Å². The number of benzene rings is 1. The second-order valence-corrected chi connectivity index (χ2v) is 5.08. The van der Waals surface area contributed by atoms with E-state index in [-0.39, 0.29) is 17.1 Å². The smallest absolute Gasteiger partial charge is 0.235 e. The molecule has 0 aromatic heterocycles. The van der Waals surface area contributed by atoms with E-state index in [0.717, 1.165) is 12.0 Å². The molecule has 1 heterocycles. The van der Waals surface area contributed by atoms with Crippen LogP contribution in [-0.2, 0) is 10.2 Å². The lowest BCUT2D eigenvalue weighted by Gasteiger charge is -2.11. The highest BCUT2D eigenvalue weighted by Crippen LogP contribution is 2.68. The van der Waals surface area contributed by atoms with Gasteiger partial charge in [-0.15, -0.1) is 0 Å². The number of anilines is 1. The SMILES string of the molecule is CC1(C)CC12C(=O)Nc1c(F)cccc12. The predicted octanol–water partition coefficient (Wildman–Crippen LogP) is 2.45. The van der Waals surface area contributed by atoms with Crippen molar-refractivity contribution in [2.24, 2.45) is 5.41 Å². The molecule has 0 saturated heterocycles. The van der Waals surface area contributed by atoms with Crippen molar-refractivity contribution in [1.29, 1.82) is 0 Å². The van der Waals surface area contributed by atoms with Crippen molar-refractivity contribution in [3.05, 3.63) is 29.6 Å². The number of hydrogen-bond donors (Lipinski definition) is 1. The van der Waals surface area contributed by atoms with Crippen molar-refractivity contribution < 1.29 is 9.18 Å². The molecular weight excluding hydrogens is 193 g/mol. The van der Waals surface area contributed by atoms with Crippen LogP contribution in [0.5, 0.6) is 0 Å². The number of rotatable bonds is 0. The van der Waals surface area contributed by atoms with Gasteiger partial charge in [-0.05, 0) is 23.5 Å².